The number of halogens is 3. The van der Waals surface area contributed by atoms with Gasteiger partial charge in [-0.2, -0.15) is 18.2 Å². The van der Waals surface area contributed by atoms with E-state index in [2.05, 4.69) is 20.6 Å². The van der Waals surface area contributed by atoms with Crippen LogP contribution in [0.5, 0.6) is 0 Å². The standard InChI is InChI=1S/C13H17F3N4S/c1-3-5-18-12-19-10(17-6-4-13(14,15)16)9-7-8(2)21-11(9)20-12/h7H,3-6H2,1-2H3,(H2,17,18,19,20). The molecule has 8 heteroatoms. The van der Waals surface area contributed by atoms with Crippen LogP contribution in [0.4, 0.5) is 24.9 Å². The number of nitrogens with zero attached hydrogens (tertiary/aromatic N) is 2. The van der Waals surface area contributed by atoms with Gasteiger partial charge in [-0.15, -0.1) is 11.3 Å². The molecule has 2 aromatic heterocycles. The van der Waals surface area contributed by atoms with E-state index in [9.17, 15) is 13.2 Å². The number of hydrogen-bond acceptors (Lipinski definition) is 5. The first-order valence-corrected chi connectivity index (χ1v) is 7.53. The van der Waals surface area contributed by atoms with E-state index in [1.807, 2.05) is 19.9 Å². The summed E-state index contributed by atoms with van der Waals surface area (Å²) >= 11 is 1.50. The minimum atomic E-state index is -4.17. The first-order valence-electron chi connectivity index (χ1n) is 6.71. The molecule has 21 heavy (non-hydrogen) atoms. The van der Waals surface area contributed by atoms with E-state index in [-0.39, 0.29) is 6.54 Å². The molecular formula is C13H17F3N4S. The van der Waals surface area contributed by atoms with Crippen molar-refractivity contribution in [3.8, 4) is 0 Å². The summed E-state index contributed by atoms with van der Waals surface area (Å²) in [6, 6.07) is 1.89. The summed E-state index contributed by atoms with van der Waals surface area (Å²) in [6.07, 6.45) is -4.14. The fraction of sp³-hybridized carbons (Fsp3) is 0.538. The lowest BCUT2D eigenvalue weighted by Crippen LogP contribution is -2.15. The van der Waals surface area contributed by atoms with Crippen LogP contribution in [0.15, 0.2) is 6.07 Å². The molecule has 2 rings (SSSR count). The van der Waals surface area contributed by atoms with Crippen LogP contribution in [0.1, 0.15) is 24.6 Å². The molecule has 0 atom stereocenters. The largest absolute Gasteiger partial charge is 0.390 e. The smallest absolute Gasteiger partial charge is 0.369 e. The molecule has 0 unspecified atom stereocenters. The zero-order chi connectivity index (χ0) is 15.5. The van der Waals surface area contributed by atoms with Gasteiger partial charge in [0.1, 0.15) is 10.6 Å². The highest BCUT2D eigenvalue weighted by molar-refractivity contribution is 7.18. The monoisotopic (exact) mass is 318 g/mol. The third-order valence-electron chi connectivity index (χ3n) is 2.75. The van der Waals surface area contributed by atoms with Crippen molar-refractivity contribution < 1.29 is 13.2 Å². The Morgan fingerprint density at radius 2 is 1.95 bits per heavy atom. The van der Waals surface area contributed by atoms with Crippen molar-refractivity contribution in [2.45, 2.75) is 32.9 Å². The second-order valence-electron chi connectivity index (χ2n) is 4.69. The maximum Gasteiger partial charge on any atom is 0.390 e. The molecule has 0 saturated carbocycles. The van der Waals surface area contributed by atoms with Crippen molar-refractivity contribution in [2.75, 3.05) is 23.7 Å². The first-order chi connectivity index (χ1) is 9.89. The molecule has 0 spiro atoms. The van der Waals surface area contributed by atoms with Gasteiger partial charge < -0.3 is 10.6 Å². The Balaban J connectivity index is 2.22. The average molecular weight is 318 g/mol. The lowest BCUT2D eigenvalue weighted by Gasteiger charge is -2.11. The Bertz CT molecular complexity index is 609. The minimum Gasteiger partial charge on any atom is -0.369 e. The molecule has 0 radical (unpaired) electrons. The van der Waals surface area contributed by atoms with Crippen LogP contribution in [0, 0.1) is 6.92 Å². The van der Waals surface area contributed by atoms with Gasteiger partial charge in [-0.25, -0.2) is 4.98 Å². The van der Waals surface area contributed by atoms with Crippen molar-refractivity contribution in [2.24, 2.45) is 0 Å². The van der Waals surface area contributed by atoms with Crippen molar-refractivity contribution in [1.82, 2.24) is 9.97 Å². The van der Waals surface area contributed by atoms with E-state index in [0.29, 0.717) is 11.8 Å². The predicted molar refractivity (Wildman–Crippen MR) is 80.1 cm³/mol. The minimum absolute atomic E-state index is 0.197. The molecule has 0 fully saturated rings. The molecule has 0 aromatic carbocycles. The first kappa shape index (κ1) is 15.8. The molecule has 0 aliphatic heterocycles. The van der Waals surface area contributed by atoms with Crippen molar-refractivity contribution in [3.63, 3.8) is 0 Å². The van der Waals surface area contributed by atoms with E-state index in [4.69, 9.17) is 0 Å². The summed E-state index contributed by atoms with van der Waals surface area (Å²) < 4.78 is 36.7. The number of alkyl halides is 3. The Hall–Kier alpha value is -1.57. The molecule has 0 bridgehead atoms. The Kier molecular flexibility index (Phi) is 4.87. The number of anilines is 2. The van der Waals surface area contributed by atoms with Crippen LogP contribution < -0.4 is 10.6 Å². The van der Waals surface area contributed by atoms with Gasteiger partial charge in [0.15, 0.2) is 0 Å². The molecule has 2 aromatic rings. The molecule has 0 saturated heterocycles. The van der Waals surface area contributed by atoms with E-state index in [1.165, 1.54) is 11.3 Å². The Morgan fingerprint density at radius 3 is 2.62 bits per heavy atom. The maximum absolute atomic E-state index is 12.2. The van der Waals surface area contributed by atoms with Gasteiger partial charge in [-0.05, 0) is 19.4 Å². The summed E-state index contributed by atoms with van der Waals surface area (Å²) in [5.41, 5.74) is 0. The third kappa shape index (κ3) is 4.45. The predicted octanol–water partition coefficient (Wildman–Crippen LogP) is 4.19. The number of fused-ring (bicyclic) bond motifs is 1. The number of aromatic nitrogens is 2. The van der Waals surface area contributed by atoms with Crippen LogP contribution in [0.2, 0.25) is 0 Å². The van der Waals surface area contributed by atoms with Gasteiger partial charge in [-0.3, -0.25) is 0 Å². The highest BCUT2D eigenvalue weighted by Crippen LogP contribution is 2.30. The fourth-order valence-electron chi connectivity index (χ4n) is 1.82. The summed E-state index contributed by atoms with van der Waals surface area (Å²) in [4.78, 5) is 10.5. The fourth-order valence-corrected chi connectivity index (χ4v) is 2.69. The summed E-state index contributed by atoms with van der Waals surface area (Å²) in [6.45, 7) is 4.48. The number of nitrogens with one attached hydrogen (secondary N) is 2. The van der Waals surface area contributed by atoms with Crippen LogP contribution in [0.25, 0.3) is 10.2 Å². The van der Waals surface area contributed by atoms with Gasteiger partial charge in [-0.1, -0.05) is 6.92 Å². The van der Waals surface area contributed by atoms with Crippen LogP contribution >= 0.6 is 11.3 Å². The van der Waals surface area contributed by atoms with Gasteiger partial charge in [0, 0.05) is 18.0 Å². The molecule has 2 heterocycles. The SMILES string of the molecule is CCCNc1nc(NCCC(F)(F)F)c2cc(C)sc2n1. The Labute approximate surface area is 124 Å². The van der Waals surface area contributed by atoms with Crippen molar-refractivity contribution >= 4 is 33.3 Å². The number of thiophene rings is 1. The number of rotatable bonds is 6. The maximum atomic E-state index is 12.2. The number of aryl methyl sites for hydroxylation is 1. The van der Waals surface area contributed by atoms with Gasteiger partial charge >= 0.3 is 6.18 Å². The van der Waals surface area contributed by atoms with E-state index >= 15 is 0 Å². The number of hydrogen-bond donors (Lipinski definition) is 2. The molecular weight excluding hydrogens is 301 g/mol. The Morgan fingerprint density at radius 1 is 1.19 bits per heavy atom. The molecule has 4 nitrogen and oxygen atoms in total. The third-order valence-corrected chi connectivity index (χ3v) is 3.69. The van der Waals surface area contributed by atoms with E-state index in [1.54, 1.807) is 0 Å². The van der Waals surface area contributed by atoms with Crippen LogP contribution in [-0.2, 0) is 0 Å². The van der Waals surface area contributed by atoms with Crippen LogP contribution in [-0.4, -0.2) is 29.2 Å². The molecule has 2 N–H and O–H groups in total. The molecule has 0 aliphatic carbocycles. The summed E-state index contributed by atoms with van der Waals surface area (Å²) in [7, 11) is 0. The molecule has 0 amide bonds. The summed E-state index contributed by atoms with van der Waals surface area (Å²) in [5.74, 6) is 0.896. The van der Waals surface area contributed by atoms with Gasteiger partial charge in [0.25, 0.3) is 0 Å². The molecule has 0 aliphatic rings. The quantitative estimate of drug-likeness (QED) is 0.838. The summed E-state index contributed by atoms with van der Waals surface area (Å²) in [5, 5.41) is 6.60. The highest BCUT2D eigenvalue weighted by Gasteiger charge is 2.26. The van der Waals surface area contributed by atoms with Gasteiger partial charge in [0.2, 0.25) is 5.95 Å². The zero-order valence-electron chi connectivity index (χ0n) is 11.8. The second-order valence-corrected chi connectivity index (χ2v) is 5.93. The lowest BCUT2D eigenvalue weighted by atomic mass is 10.3. The topological polar surface area (TPSA) is 49.8 Å². The zero-order valence-corrected chi connectivity index (χ0v) is 12.7. The highest BCUT2D eigenvalue weighted by atomic mass is 32.1. The van der Waals surface area contributed by atoms with Crippen LogP contribution in [0.3, 0.4) is 0 Å². The second kappa shape index (κ2) is 6.46. The van der Waals surface area contributed by atoms with Gasteiger partial charge in [0.05, 0.1) is 11.8 Å². The van der Waals surface area contributed by atoms with Crippen molar-refractivity contribution in [3.05, 3.63) is 10.9 Å². The molecule has 116 valence electrons. The normalized spacial score (nSPS) is 11.9. The van der Waals surface area contributed by atoms with Crippen molar-refractivity contribution in [1.29, 1.82) is 0 Å². The van der Waals surface area contributed by atoms with E-state index in [0.717, 1.165) is 28.1 Å². The van der Waals surface area contributed by atoms with E-state index < -0.39 is 12.6 Å². The lowest BCUT2D eigenvalue weighted by molar-refractivity contribution is -0.131. The average Bonchev–Trinajstić information content (AvgIpc) is 2.75.